The van der Waals surface area contributed by atoms with Crippen LogP contribution in [0.25, 0.3) is 5.70 Å². The summed E-state index contributed by atoms with van der Waals surface area (Å²) >= 11 is 0. The van der Waals surface area contributed by atoms with E-state index in [2.05, 4.69) is 30.5 Å². The third-order valence-electron chi connectivity index (χ3n) is 4.34. The van der Waals surface area contributed by atoms with E-state index in [1.54, 1.807) is 38.5 Å². The van der Waals surface area contributed by atoms with Crippen LogP contribution in [0, 0.1) is 0 Å². The van der Waals surface area contributed by atoms with Gasteiger partial charge in [-0.05, 0) is 38.0 Å². The standard InChI is InChI=1S/C21H24N2O3/c1-21(2)13-14-7-5-6-8-16(14)17(23-21)12-20(24)22-15-9-10-18(25-3)19(11-15)26-4/h5-12,23H,13H2,1-4H3,(H,22,24)/b17-12-. The van der Waals surface area contributed by atoms with Crippen molar-refractivity contribution in [2.75, 3.05) is 19.5 Å². The van der Waals surface area contributed by atoms with Crippen molar-refractivity contribution in [1.82, 2.24) is 5.32 Å². The summed E-state index contributed by atoms with van der Waals surface area (Å²) in [6.45, 7) is 4.26. The van der Waals surface area contributed by atoms with Gasteiger partial charge in [-0.15, -0.1) is 0 Å². The zero-order valence-electron chi connectivity index (χ0n) is 15.6. The van der Waals surface area contributed by atoms with Gasteiger partial charge in [0.1, 0.15) is 0 Å². The van der Waals surface area contributed by atoms with E-state index in [0.717, 1.165) is 17.7 Å². The average molecular weight is 352 g/mol. The topological polar surface area (TPSA) is 59.6 Å². The molecule has 26 heavy (non-hydrogen) atoms. The van der Waals surface area contributed by atoms with Crippen molar-refractivity contribution in [1.29, 1.82) is 0 Å². The van der Waals surface area contributed by atoms with Crippen LogP contribution in [0.15, 0.2) is 48.5 Å². The molecule has 0 spiro atoms. The van der Waals surface area contributed by atoms with Gasteiger partial charge in [-0.1, -0.05) is 24.3 Å². The summed E-state index contributed by atoms with van der Waals surface area (Å²) in [6.07, 6.45) is 2.52. The van der Waals surface area contributed by atoms with Crippen molar-refractivity contribution in [2.24, 2.45) is 0 Å². The molecule has 2 aromatic carbocycles. The van der Waals surface area contributed by atoms with Gasteiger partial charge in [0.05, 0.1) is 14.2 Å². The molecule has 5 heteroatoms. The highest BCUT2D eigenvalue weighted by Gasteiger charge is 2.27. The molecular formula is C21H24N2O3. The predicted octanol–water partition coefficient (Wildman–Crippen LogP) is 3.61. The molecule has 1 aliphatic rings. The second-order valence-electron chi connectivity index (χ2n) is 6.96. The fourth-order valence-electron chi connectivity index (χ4n) is 3.23. The maximum atomic E-state index is 12.6. The molecule has 1 amide bonds. The molecule has 2 aromatic rings. The molecule has 0 aliphatic carbocycles. The molecule has 0 atom stereocenters. The molecule has 0 fully saturated rings. The second-order valence-corrected chi connectivity index (χ2v) is 6.96. The van der Waals surface area contributed by atoms with Crippen LogP contribution in [0.1, 0.15) is 25.0 Å². The monoisotopic (exact) mass is 352 g/mol. The van der Waals surface area contributed by atoms with E-state index in [1.165, 1.54) is 5.56 Å². The van der Waals surface area contributed by atoms with E-state index in [0.29, 0.717) is 17.2 Å². The number of nitrogens with one attached hydrogen (secondary N) is 2. The van der Waals surface area contributed by atoms with Gasteiger partial charge in [0.2, 0.25) is 5.91 Å². The van der Waals surface area contributed by atoms with Crippen LogP contribution in [-0.4, -0.2) is 25.7 Å². The first-order valence-electron chi connectivity index (χ1n) is 8.53. The van der Waals surface area contributed by atoms with Crippen LogP contribution in [0.5, 0.6) is 11.5 Å². The summed E-state index contributed by atoms with van der Waals surface area (Å²) in [4.78, 5) is 12.6. The van der Waals surface area contributed by atoms with Crippen molar-refractivity contribution in [2.45, 2.75) is 25.8 Å². The smallest absolute Gasteiger partial charge is 0.250 e. The van der Waals surface area contributed by atoms with Crippen molar-refractivity contribution >= 4 is 17.3 Å². The Morgan fingerprint density at radius 1 is 1.12 bits per heavy atom. The molecule has 0 saturated carbocycles. The number of anilines is 1. The zero-order valence-corrected chi connectivity index (χ0v) is 15.6. The molecule has 0 bridgehead atoms. The van der Waals surface area contributed by atoms with E-state index < -0.39 is 0 Å². The molecule has 136 valence electrons. The van der Waals surface area contributed by atoms with Crippen LogP contribution in [0.3, 0.4) is 0 Å². The Bertz CT molecular complexity index is 856. The Morgan fingerprint density at radius 2 is 1.85 bits per heavy atom. The molecule has 1 aliphatic heterocycles. The first-order chi connectivity index (χ1) is 12.4. The Labute approximate surface area is 154 Å². The van der Waals surface area contributed by atoms with E-state index in [9.17, 15) is 4.79 Å². The Kier molecular flexibility index (Phi) is 4.89. The molecule has 0 saturated heterocycles. The number of hydrogen-bond donors (Lipinski definition) is 2. The summed E-state index contributed by atoms with van der Waals surface area (Å²) in [6, 6.07) is 13.4. The summed E-state index contributed by atoms with van der Waals surface area (Å²) in [5, 5.41) is 6.34. The van der Waals surface area contributed by atoms with Gasteiger partial charge in [-0.2, -0.15) is 0 Å². The molecule has 1 heterocycles. The van der Waals surface area contributed by atoms with Crippen molar-refractivity contribution in [3.05, 3.63) is 59.7 Å². The van der Waals surface area contributed by atoms with E-state index in [4.69, 9.17) is 9.47 Å². The number of fused-ring (bicyclic) bond motifs is 1. The quantitative estimate of drug-likeness (QED) is 0.826. The van der Waals surface area contributed by atoms with Crippen LogP contribution >= 0.6 is 0 Å². The van der Waals surface area contributed by atoms with Crippen molar-refractivity contribution in [3.8, 4) is 11.5 Å². The number of benzene rings is 2. The largest absolute Gasteiger partial charge is 0.493 e. The molecule has 5 nitrogen and oxygen atoms in total. The fourth-order valence-corrected chi connectivity index (χ4v) is 3.23. The minimum absolute atomic E-state index is 0.107. The highest BCUT2D eigenvalue weighted by atomic mass is 16.5. The number of hydrogen-bond acceptors (Lipinski definition) is 4. The average Bonchev–Trinajstić information content (AvgIpc) is 2.60. The number of rotatable bonds is 4. The van der Waals surface area contributed by atoms with Crippen LogP contribution in [-0.2, 0) is 11.2 Å². The molecule has 0 unspecified atom stereocenters. The van der Waals surface area contributed by atoms with Crippen molar-refractivity contribution < 1.29 is 14.3 Å². The van der Waals surface area contributed by atoms with Crippen LogP contribution in [0.4, 0.5) is 5.69 Å². The van der Waals surface area contributed by atoms with Gasteiger partial charge in [0, 0.05) is 34.6 Å². The van der Waals surface area contributed by atoms with Crippen molar-refractivity contribution in [3.63, 3.8) is 0 Å². The Hall–Kier alpha value is -2.95. The highest BCUT2D eigenvalue weighted by molar-refractivity contribution is 6.04. The Morgan fingerprint density at radius 3 is 2.58 bits per heavy atom. The molecule has 3 rings (SSSR count). The lowest BCUT2D eigenvalue weighted by Crippen LogP contribution is -2.44. The van der Waals surface area contributed by atoms with Gasteiger partial charge in [0.25, 0.3) is 0 Å². The molecule has 0 radical (unpaired) electrons. The number of carbonyl (C=O) groups is 1. The van der Waals surface area contributed by atoms with Gasteiger partial charge in [-0.25, -0.2) is 0 Å². The van der Waals surface area contributed by atoms with Crippen LogP contribution < -0.4 is 20.1 Å². The number of methoxy groups -OCH3 is 2. The minimum Gasteiger partial charge on any atom is -0.493 e. The number of ether oxygens (including phenoxy) is 2. The van der Waals surface area contributed by atoms with Crippen LogP contribution in [0.2, 0.25) is 0 Å². The van der Waals surface area contributed by atoms with Gasteiger partial charge in [0.15, 0.2) is 11.5 Å². The summed E-state index contributed by atoms with van der Waals surface area (Å²) in [5.74, 6) is 0.987. The first kappa shape index (κ1) is 17.9. The van der Waals surface area contributed by atoms with Gasteiger partial charge in [-0.3, -0.25) is 4.79 Å². The Balaban J connectivity index is 1.85. The lowest BCUT2D eigenvalue weighted by molar-refractivity contribution is -0.111. The normalized spacial score (nSPS) is 16.4. The van der Waals surface area contributed by atoms with E-state index in [-0.39, 0.29) is 11.4 Å². The first-order valence-corrected chi connectivity index (χ1v) is 8.53. The number of carbonyl (C=O) groups excluding carboxylic acids is 1. The SMILES string of the molecule is COc1ccc(NC(=O)/C=C2\NC(C)(C)Cc3ccccc32)cc1OC. The molecule has 2 N–H and O–H groups in total. The summed E-state index contributed by atoms with van der Waals surface area (Å²) < 4.78 is 10.5. The molecule has 0 aromatic heterocycles. The maximum Gasteiger partial charge on any atom is 0.250 e. The zero-order chi connectivity index (χ0) is 18.7. The predicted molar refractivity (Wildman–Crippen MR) is 104 cm³/mol. The lowest BCUT2D eigenvalue weighted by Gasteiger charge is -2.35. The minimum atomic E-state index is -0.202. The van der Waals surface area contributed by atoms with E-state index >= 15 is 0 Å². The highest BCUT2D eigenvalue weighted by Crippen LogP contribution is 2.31. The molecular weight excluding hydrogens is 328 g/mol. The maximum absolute atomic E-state index is 12.6. The van der Waals surface area contributed by atoms with Gasteiger partial charge >= 0.3 is 0 Å². The third-order valence-corrected chi connectivity index (χ3v) is 4.34. The summed E-state index contributed by atoms with van der Waals surface area (Å²) in [5.41, 5.74) is 3.67. The van der Waals surface area contributed by atoms with Gasteiger partial charge < -0.3 is 20.1 Å². The number of amides is 1. The fraction of sp³-hybridized carbons (Fsp3) is 0.286. The second kappa shape index (κ2) is 7.12. The summed E-state index contributed by atoms with van der Waals surface area (Å²) in [7, 11) is 3.14. The third kappa shape index (κ3) is 3.82. The van der Waals surface area contributed by atoms with E-state index in [1.807, 2.05) is 18.2 Å². The lowest BCUT2D eigenvalue weighted by atomic mass is 9.86.